The zero-order valence-corrected chi connectivity index (χ0v) is 19.2. The van der Waals surface area contributed by atoms with Crippen molar-refractivity contribution in [2.24, 2.45) is 0 Å². The molecule has 0 aromatic carbocycles. The summed E-state index contributed by atoms with van der Waals surface area (Å²) >= 11 is 5.81. The molecular formula is C22H23ClN10O. The average Bonchev–Trinajstić information content (AvgIpc) is 3.20. The number of aromatic amines is 1. The van der Waals surface area contributed by atoms with Crippen LogP contribution in [0.1, 0.15) is 44.2 Å². The highest BCUT2D eigenvalue weighted by molar-refractivity contribution is 6.29. The van der Waals surface area contributed by atoms with E-state index in [4.69, 9.17) is 21.7 Å². The Bertz CT molecular complexity index is 1360. The van der Waals surface area contributed by atoms with Gasteiger partial charge >= 0.3 is 0 Å². The molecule has 0 radical (unpaired) electrons. The predicted molar refractivity (Wildman–Crippen MR) is 127 cm³/mol. The number of hydrogen-bond acceptors (Lipinski definition) is 8. The molecule has 1 amide bonds. The molecule has 1 saturated carbocycles. The van der Waals surface area contributed by atoms with E-state index in [1.165, 1.54) is 25.2 Å². The van der Waals surface area contributed by atoms with E-state index in [1.54, 1.807) is 4.52 Å². The molecule has 0 unspecified atom stereocenters. The summed E-state index contributed by atoms with van der Waals surface area (Å²) < 4.78 is 1.76. The minimum Gasteiger partial charge on any atom is -0.325 e. The highest BCUT2D eigenvalue weighted by atomic mass is 35.5. The third kappa shape index (κ3) is 3.71. The molecule has 11 nitrogen and oxygen atoms in total. The fraction of sp³-hybridized carbons (Fsp3) is 0.364. The maximum Gasteiger partial charge on any atom is 0.251 e. The number of carbonyl (C=O) groups is 1. The first kappa shape index (κ1) is 20.8. The Hall–Kier alpha value is -3.73. The first-order valence-corrected chi connectivity index (χ1v) is 11.6. The van der Waals surface area contributed by atoms with Gasteiger partial charge in [0.15, 0.2) is 17.5 Å². The number of nitrogens with zero attached hydrogens (tertiary/aromatic N) is 7. The molecular weight excluding hydrogens is 456 g/mol. The van der Waals surface area contributed by atoms with Crippen molar-refractivity contribution >= 4 is 46.4 Å². The normalized spacial score (nSPS) is 20.1. The number of H-pyrrole nitrogens is 1. The monoisotopic (exact) mass is 478 g/mol. The van der Waals surface area contributed by atoms with Crippen LogP contribution in [0.4, 0.5) is 23.4 Å². The molecule has 1 saturated heterocycles. The molecule has 174 valence electrons. The smallest absolute Gasteiger partial charge is 0.251 e. The highest BCUT2D eigenvalue weighted by Gasteiger charge is 2.45. The number of rotatable bonds is 6. The van der Waals surface area contributed by atoms with Crippen LogP contribution in [0.3, 0.4) is 0 Å². The number of halogens is 1. The van der Waals surface area contributed by atoms with Crippen LogP contribution in [-0.2, 0) is 4.79 Å². The van der Waals surface area contributed by atoms with E-state index >= 15 is 0 Å². The third-order valence-electron chi connectivity index (χ3n) is 6.47. The van der Waals surface area contributed by atoms with Crippen LogP contribution in [-0.4, -0.2) is 52.8 Å². The Balaban J connectivity index is 1.31. The van der Waals surface area contributed by atoms with Crippen molar-refractivity contribution in [2.45, 2.75) is 44.1 Å². The number of hydrogen-bond donors (Lipinski definition) is 3. The second-order valence-corrected chi connectivity index (χ2v) is 9.30. The predicted octanol–water partition coefficient (Wildman–Crippen LogP) is 3.51. The van der Waals surface area contributed by atoms with Crippen molar-refractivity contribution < 1.29 is 4.79 Å². The van der Waals surface area contributed by atoms with Gasteiger partial charge in [-0.3, -0.25) is 9.89 Å². The first-order chi connectivity index (χ1) is 16.5. The summed E-state index contributed by atoms with van der Waals surface area (Å²) in [6.45, 7) is 2.54. The second-order valence-electron chi connectivity index (χ2n) is 8.91. The van der Waals surface area contributed by atoms with Gasteiger partial charge in [-0.05, 0) is 44.7 Å². The fourth-order valence-electron chi connectivity index (χ4n) is 4.40. The van der Waals surface area contributed by atoms with Crippen molar-refractivity contribution in [2.75, 3.05) is 22.1 Å². The van der Waals surface area contributed by atoms with Gasteiger partial charge in [0.05, 0.1) is 12.4 Å². The van der Waals surface area contributed by atoms with Crippen molar-refractivity contribution in [1.82, 2.24) is 34.8 Å². The van der Waals surface area contributed by atoms with E-state index in [2.05, 4.69) is 30.8 Å². The number of fused-ring (bicyclic) bond motifs is 1. The lowest BCUT2D eigenvalue weighted by Gasteiger charge is -2.33. The molecule has 2 aliphatic rings. The molecule has 0 bridgehead atoms. The summed E-state index contributed by atoms with van der Waals surface area (Å²) in [6.07, 6.45) is 8.57. The maximum atomic E-state index is 13.3. The largest absolute Gasteiger partial charge is 0.325 e. The van der Waals surface area contributed by atoms with Crippen molar-refractivity contribution in [3.63, 3.8) is 0 Å². The summed E-state index contributed by atoms with van der Waals surface area (Å²) in [7, 11) is 0. The van der Waals surface area contributed by atoms with Crippen molar-refractivity contribution in [1.29, 1.82) is 0 Å². The van der Waals surface area contributed by atoms with Crippen LogP contribution >= 0.6 is 11.6 Å². The fourth-order valence-corrected chi connectivity index (χ4v) is 4.50. The summed E-state index contributed by atoms with van der Waals surface area (Å²) in [5.74, 6) is 2.51. The van der Waals surface area contributed by atoms with Gasteiger partial charge in [0, 0.05) is 30.4 Å². The first-order valence-electron chi connectivity index (χ1n) is 11.2. The molecule has 1 aliphatic carbocycles. The summed E-state index contributed by atoms with van der Waals surface area (Å²) in [5, 5.41) is 18.6. The highest BCUT2D eigenvalue weighted by Crippen LogP contribution is 2.40. The molecule has 1 atom stereocenters. The number of carbonyl (C=O) groups excluding carboxylic acids is 1. The van der Waals surface area contributed by atoms with Crippen LogP contribution in [0.25, 0.3) is 5.52 Å². The quantitative estimate of drug-likeness (QED) is 0.384. The molecule has 4 aromatic rings. The lowest BCUT2D eigenvalue weighted by atomic mass is 9.98. The Morgan fingerprint density at radius 1 is 1.26 bits per heavy atom. The molecule has 12 heteroatoms. The Morgan fingerprint density at radius 3 is 2.94 bits per heavy atom. The number of amides is 1. The summed E-state index contributed by atoms with van der Waals surface area (Å²) in [6, 6.07) is 5.88. The van der Waals surface area contributed by atoms with Gasteiger partial charge in [0.1, 0.15) is 16.2 Å². The van der Waals surface area contributed by atoms with Crippen LogP contribution in [0.15, 0.2) is 36.8 Å². The maximum absolute atomic E-state index is 13.3. The lowest BCUT2D eigenvalue weighted by Crippen LogP contribution is -2.52. The van der Waals surface area contributed by atoms with Crippen molar-refractivity contribution in [3.05, 3.63) is 47.6 Å². The van der Waals surface area contributed by atoms with Crippen molar-refractivity contribution in [3.8, 4) is 0 Å². The average molecular weight is 479 g/mol. The molecule has 34 heavy (non-hydrogen) atoms. The van der Waals surface area contributed by atoms with E-state index in [9.17, 15) is 4.79 Å². The van der Waals surface area contributed by atoms with Gasteiger partial charge in [-0.15, -0.1) is 5.10 Å². The molecule has 0 spiro atoms. The minimum atomic E-state index is -0.856. The van der Waals surface area contributed by atoms with Gasteiger partial charge in [-0.2, -0.15) is 10.1 Å². The van der Waals surface area contributed by atoms with E-state index in [-0.39, 0.29) is 11.1 Å². The second kappa shape index (κ2) is 7.94. The Kier molecular flexibility index (Phi) is 4.87. The zero-order chi connectivity index (χ0) is 23.3. The van der Waals surface area contributed by atoms with Gasteiger partial charge in [-0.1, -0.05) is 11.6 Å². The molecule has 6 rings (SSSR count). The van der Waals surface area contributed by atoms with Gasteiger partial charge in [0.2, 0.25) is 5.95 Å². The summed E-state index contributed by atoms with van der Waals surface area (Å²) in [5.41, 5.74) is 1.10. The standard InChI is InChI=1S/C22H23ClN10O/c1-22(20(34)27-18-12-24-16(23)11-25-18)7-3-8-32(22)21-28-19(15-4-2-9-33(15)31-21)26-17-10-14(29-30-17)13-5-6-13/h2,4,9-13H,3,5-8H2,1H3,(H,25,27,34)(H2,26,28,29,30,31)/t22-/m0/s1. The topological polar surface area (TPSA) is 129 Å². The van der Waals surface area contributed by atoms with Crippen LogP contribution in [0.2, 0.25) is 5.15 Å². The van der Waals surface area contributed by atoms with Crippen LogP contribution in [0, 0.1) is 0 Å². The zero-order valence-electron chi connectivity index (χ0n) is 18.5. The molecule has 2 fully saturated rings. The van der Waals surface area contributed by atoms with E-state index < -0.39 is 5.54 Å². The number of nitrogens with one attached hydrogen (secondary N) is 3. The third-order valence-corrected chi connectivity index (χ3v) is 6.67. The molecule has 5 heterocycles. The van der Waals surface area contributed by atoms with Crippen LogP contribution in [0.5, 0.6) is 0 Å². The van der Waals surface area contributed by atoms with E-state index in [0.29, 0.717) is 42.3 Å². The van der Waals surface area contributed by atoms with E-state index in [0.717, 1.165) is 17.6 Å². The van der Waals surface area contributed by atoms with Gasteiger partial charge in [0.25, 0.3) is 5.91 Å². The molecule has 3 N–H and O–H groups in total. The lowest BCUT2D eigenvalue weighted by molar-refractivity contribution is -0.120. The van der Waals surface area contributed by atoms with Gasteiger partial charge in [-0.25, -0.2) is 14.5 Å². The van der Waals surface area contributed by atoms with Gasteiger partial charge < -0.3 is 15.5 Å². The summed E-state index contributed by atoms with van der Waals surface area (Å²) in [4.78, 5) is 28.2. The number of anilines is 4. The van der Waals surface area contributed by atoms with E-state index in [1.807, 2.05) is 36.2 Å². The molecule has 4 aromatic heterocycles. The molecule has 1 aliphatic heterocycles. The Labute approximate surface area is 200 Å². The minimum absolute atomic E-state index is 0.200. The Morgan fingerprint density at radius 2 is 2.15 bits per heavy atom. The number of aromatic nitrogens is 7. The van der Waals surface area contributed by atoms with Crippen LogP contribution < -0.4 is 15.5 Å². The SMILES string of the molecule is C[C@@]1(C(=O)Nc2cnc(Cl)cn2)CCCN1c1nc(Nc2cc(C3CC3)[nH]n2)c2cccn2n1.